The maximum atomic E-state index is 12.5. The molecular formula is C10H16F2O. The lowest BCUT2D eigenvalue weighted by Gasteiger charge is -2.23. The zero-order chi connectivity index (χ0) is 9.68. The molecule has 76 valence electrons. The van der Waals surface area contributed by atoms with Crippen LogP contribution in [0.3, 0.4) is 0 Å². The maximum absolute atomic E-state index is 12.5. The fourth-order valence-electron chi connectivity index (χ4n) is 1.98. The molecule has 1 nitrogen and oxygen atoms in total. The molecule has 0 bridgehead atoms. The largest absolute Gasteiger partial charge is 0.392 e. The van der Waals surface area contributed by atoms with Gasteiger partial charge in [-0.15, -0.1) is 0 Å². The summed E-state index contributed by atoms with van der Waals surface area (Å²) >= 11 is 0. The van der Waals surface area contributed by atoms with Crippen molar-refractivity contribution in [2.45, 2.75) is 38.5 Å². The minimum absolute atomic E-state index is 0.0147. The first-order valence-electron chi connectivity index (χ1n) is 4.84. The molecule has 1 fully saturated rings. The zero-order valence-electron chi connectivity index (χ0n) is 7.68. The van der Waals surface area contributed by atoms with E-state index in [0.717, 1.165) is 32.1 Å². The van der Waals surface area contributed by atoms with E-state index < -0.39 is 6.43 Å². The van der Waals surface area contributed by atoms with Gasteiger partial charge in [0.05, 0.1) is 6.61 Å². The fraction of sp³-hybridized carbons (Fsp3) is 0.800. The maximum Gasteiger partial charge on any atom is 0.260 e. The summed E-state index contributed by atoms with van der Waals surface area (Å²) in [6.07, 6.45) is 3.84. The van der Waals surface area contributed by atoms with Crippen molar-refractivity contribution < 1.29 is 13.9 Å². The highest BCUT2D eigenvalue weighted by Crippen LogP contribution is 2.32. The van der Waals surface area contributed by atoms with Crippen LogP contribution in [0.5, 0.6) is 0 Å². The third-order valence-corrected chi connectivity index (χ3v) is 2.66. The van der Waals surface area contributed by atoms with Crippen molar-refractivity contribution in [3.8, 4) is 0 Å². The highest BCUT2D eigenvalue weighted by atomic mass is 19.3. The third-order valence-electron chi connectivity index (χ3n) is 2.66. The molecule has 0 saturated heterocycles. The number of allylic oxidation sites excluding steroid dienone is 1. The van der Waals surface area contributed by atoms with Gasteiger partial charge < -0.3 is 5.11 Å². The summed E-state index contributed by atoms with van der Waals surface area (Å²) in [4.78, 5) is 0. The van der Waals surface area contributed by atoms with Crippen LogP contribution < -0.4 is 0 Å². The molecule has 0 aromatic rings. The Labute approximate surface area is 77.5 Å². The number of aliphatic hydroxyl groups is 1. The SMILES string of the molecule is OC/C=C(\C(F)F)C1CCCCC1. The van der Waals surface area contributed by atoms with Crippen LogP contribution in [0.25, 0.3) is 0 Å². The highest BCUT2D eigenvalue weighted by molar-refractivity contribution is 5.10. The van der Waals surface area contributed by atoms with Crippen molar-refractivity contribution in [1.29, 1.82) is 0 Å². The monoisotopic (exact) mass is 190 g/mol. The van der Waals surface area contributed by atoms with Crippen molar-refractivity contribution in [2.24, 2.45) is 5.92 Å². The van der Waals surface area contributed by atoms with Crippen molar-refractivity contribution in [1.82, 2.24) is 0 Å². The van der Waals surface area contributed by atoms with Gasteiger partial charge in [0, 0.05) is 0 Å². The van der Waals surface area contributed by atoms with Gasteiger partial charge in [0.25, 0.3) is 6.43 Å². The van der Waals surface area contributed by atoms with Crippen LogP contribution in [-0.2, 0) is 0 Å². The molecule has 0 heterocycles. The number of alkyl halides is 2. The van der Waals surface area contributed by atoms with E-state index in [1.165, 1.54) is 6.08 Å². The third kappa shape index (κ3) is 3.07. The van der Waals surface area contributed by atoms with Gasteiger partial charge in [-0.25, -0.2) is 8.78 Å². The summed E-state index contributed by atoms with van der Waals surface area (Å²) in [6.45, 7) is -0.268. The van der Waals surface area contributed by atoms with Gasteiger partial charge in [-0.05, 0) is 24.3 Å². The molecular weight excluding hydrogens is 174 g/mol. The molecule has 0 atom stereocenters. The Morgan fingerprint density at radius 2 is 1.92 bits per heavy atom. The predicted molar refractivity (Wildman–Crippen MR) is 47.7 cm³/mol. The first-order chi connectivity index (χ1) is 6.25. The molecule has 0 aromatic carbocycles. The van der Waals surface area contributed by atoms with Gasteiger partial charge in [0.15, 0.2) is 0 Å². The molecule has 0 spiro atoms. The van der Waals surface area contributed by atoms with Crippen LogP contribution in [0, 0.1) is 5.92 Å². The molecule has 0 radical (unpaired) electrons. The number of hydrogen-bond acceptors (Lipinski definition) is 1. The normalized spacial score (nSPS) is 21.1. The first kappa shape index (κ1) is 10.6. The first-order valence-corrected chi connectivity index (χ1v) is 4.84. The molecule has 3 heteroatoms. The quantitative estimate of drug-likeness (QED) is 0.678. The Balaban J connectivity index is 2.57. The number of hydrogen-bond donors (Lipinski definition) is 1. The Kier molecular flexibility index (Phi) is 4.36. The van der Waals surface area contributed by atoms with E-state index in [9.17, 15) is 8.78 Å². The molecule has 1 aliphatic carbocycles. The average Bonchev–Trinajstić information content (AvgIpc) is 2.15. The molecule has 1 N–H and O–H groups in total. The Bertz CT molecular complexity index is 172. The van der Waals surface area contributed by atoms with Crippen molar-refractivity contribution in [2.75, 3.05) is 6.61 Å². The lowest BCUT2D eigenvalue weighted by atomic mass is 9.84. The van der Waals surface area contributed by atoms with Gasteiger partial charge in [0.1, 0.15) is 0 Å². The van der Waals surface area contributed by atoms with E-state index in [-0.39, 0.29) is 18.1 Å². The number of aliphatic hydroxyl groups excluding tert-OH is 1. The molecule has 1 aliphatic rings. The van der Waals surface area contributed by atoms with Gasteiger partial charge in [-0.2, -0.15) is 0 Å². The summed E-state index contributed by atoms with van der Waals surface area (Å²) in [5.41, 5.74) is 0.155. The van der Waals surface area contributed by atoms with Gasteiger partial charge in [-0.1, -0.05) is 25.3 Å². The second-order valence-corrected chi connectivity index (χ2v) is 3.52. The number of rotatable bonds is 3. The van der Waals surface area contributed by atoms with E-state index >= 15 is 0 Å². The second-order valence-electron chi connectivity index (χ2n) is 3.52. The summed E-state index contributed by atoms with van der Waals surface area (Å²) in [7, 11) is 0. The average molecular weight is 190 g/mol. The lowest BCUT2D eigenvalue weighted by molar-refractivity contribution is 0.164. The van der Waals surface area contributed by atoms with E-state index in [1.807, 2.05) is 0 Å². The van der Waals surface area contributed by atoms with E-state index in [0.29, 0.717) is 0 Å². The van der Waals surface area contributed by atoms with Gasteiger partial charge in [-0.3, -0.25) is 0 Å². The minimum Gasteiger partial charge on any atom is -0.392 e. The van der Waals surface area contributed by atoms with E-state index in [4.69, 9.17) is 5.11 Å². The summed E-state index contributed by atoms with van der Waals surface area (Å²) in [5, 5.41) is 8.61. The van der Waals surface area contributed by atoms with Crippen molar-refractivity contribution in [3.63, 3.8) is 0 Å². The highest BCUT2D eigenvalue weighted by Gasteiger charge is 2.23. The van der Waals surface area contributed by atoms with Gasteiger partial charge >= 0.3 is 0 Å². The Morgan fingerprint density at radius 3 is 2.38 bits per heavy atom. The lowest BCUT2D eigenvalue weighted by Crippen LogP contribution is -2.15. The molecule has 0 aromatic heterocycles. The Morgan fingerprint density at radius 1 is 1.31 bits per heavy atom. The van der Waals surface area contributed by atoms with Crippen LogP contribution in [0.15, 0.2) is 11.6 Å². The van der Waals surface area contributed by atoms with Crippen molar-refractivity contribution in [3.05, 3.63) is 11.6 Å². The molecule has 1 saturated carbocycles. The van der Waals surface area contributed by atoms with Gasteiger partial charge in [0.2, 0.25) is 0 Å². The Hall–Kier alpha value is -0.440. The fourth-order valence-corrected chi connectivity index (χ4v) is 1.98. The summed E-state index contributed by atoms with van der Waals surface area (Å²) in [5.74, 6) is 0.0147. The molecule has 0 unspecified atom stereocenters. The minimum atomic E-state index is -2.39. The summed E-state index contributed by atoms with van der Waals surface area (Å²) in [6, 6.07) is 0. The smallest absolute Gasteiger partial charge is 0.260 e. The van der Waals surface area contributed by atoms with Crippen LogP contribution in [-0.4, -0.2) is 18.1 Å². The molecule has 0 aliphatic heterocycles. The second kappa shape index (κ2) is 5.32. The van der Waals surface area contributed by atoms with E-state index in [2.05, 4.69) is 0 Å². The van der Waals surface area contributed by atoms with E-state index in [1.54, 1.807) is 0 Å². The zero-order valence-corrected chi connectivity index (χ0v) is 7.68. The topological polar surface area (TPSA) is 20.2 Å². The standard InChI is InChI=1S/C10H16F2O/c11-10(12)9(6-7-13)8-4-2-1-3-5-8/h6,8,10,13H,1-5,7H2/b9-6-. The van der Waals surface area contributed by atoms with Crippen molar-refractivity contribution >= 4 is 0 Å². The number of halogens is 2. The van der Waals surface area contributed by atoms with Crippen LogP contribution in [0.1, 0.15) is 32.1 Å². The molecule has 1 rings (SSSR count). The van der Waals surface area contributed by atoms with Crippen LogP contribution >= 0.6 is 0 Å². The molecule has 0 amide bonds. The molecule has 13 heavy (non-hydrogen) atoms. The van der Waals surface area contributed by atoms with Crippen LogP contribution in [0.2, 0.25) is 0 Å². The summed E-state index contributed by atoms with van der Waals surface area (Å²) < 4.78 is 25.0. The van der Waals surface area contributed by atoms with Crippen LogP contribution in [0.4, 0.5) is 8.78 Å². The predicted octanol–water partition coefficient (Wildman–Crippen LogP) is 2.75.